The molecule has 0 saturated heterocycles. The highest BCUT2D eigenvalue weighted by atomic mass is 32.2. The van der Waals surface area contributed by atoms with Gasteiger partial charge in [-0.25, -0.2) is 9.97 Å². The monoisotopic (exact) mass is 656 g/mol. The molecule has 0 atom stereocenters. The number of aromatic nitrogens is 4. The van der Waals surface area contributed by atoms with Gasteiger partial charge in [0.2, 0.25) is 0 Å². The molecule has 5 heterocycles. The first kappa shape index (κ1) is 31.8. The summed E-state index contributed by atoms with van der Waals surface area (Å²) in [4.78, 5) is 37.0. The number of aryl methyl sites for hydroxylation is 1. The molecular weight excluding hydrogens is 628 g/mol. The van der Waals surface area contributed by atoms with E-state index in [2.05, 4.69) is 15.0 Å². The fourth-order valence-corrected chi connectivity index (χ4v) is 7.05. The molecule has 236 valence electrons. The number of H-pyrrole nitrogens is 2. The van der Waals surface area contributed by atoms with Crippen LogP contribution in [-0.2, 0) is 29.8 Å². The summed E-state index contributed by atoms with van der Waals surface area (Å²) in [6.07, 6.45) is -0.188. The summed E-state index contributed by atoms with van der Waals surface area (Å²) in [5.41, 5.74) is 3.94. The molecule has 2 aliphatic rings. The molecular formula is C29H28N4O10S2. The molecule has 3 aromatic heterocycles. The highest BCUT2D eigenvalue weighted by Gasteiger charge is 2.25. The molecule has 0 aliphatic carbocycles. The minimum Gasteiger partial charge on any atom is -0.481 e. The molecule has 0 radical (unpaired) electrons. The third-order valence-corrected chi connectivity index (χ3v) is 9.65. The lowest BCUT2D eigenvalue weighted by atomic mass is 9.98. The molecule has 3 aromatic rings. The molecule has 0 spiro atoms. The number of fused-ring (bicyclic) bond motifs is 8. The van der Waals surface area contributed by atoms with E-state index in [1.165, 1.54) is 19.1 Å². The average Bonchev–Trinajstić information content (AvgIpc) is 3.61. The maximum atomic E-state index is 12.5. The lowest BCUT2D eigenvalue weighted by Crippen LogP contribution is -1.99. The number of nitrogens with one attached hydrogen (secondary N) is 2. The standard InChI is InChI=1S/C29H28N4O10S2/c1-13-17(4-6-27(34)35)22-11-23-18(5-7-28(36)37)14(2)20(32-23)10-21-15(3)29(45(41,42)43)25(33-21)12-24-26(44(38,39)40)9-16(30-24)8-19(13)31-22/h8-12,30,33H,4-7H2,1-3H3,(H,34,35)(H,36,37)(H,38,39,40)(H,41,42,43). The number of nitrogens with zero attached hydrogens (tertiary/aromatic N) is 2. The van der Waals surface area contributed by atoms with Crippen molar-refractivity contribution in [3.8, 4) is 0 Å². The summed E-state index contributed by atoms with van der Waals surface area (Å²) in [5.74, 6) is -2.06. The van der Waals surface area contributed by atoms with Crippen molar-refractivity contribution in [3.05, 3.63) is 58.7 Å². The predicted octanol–water partition coefficient (Wildman–Crippen LogP) is 4.71. The van der Waals surface area contributed by atoms with E-state index < -0.39 is 42.0 Å². The summed E-state index contributed by atoms with van der Waals surface area (Å²) >= 11 is 0. The number of aliphatic carboxylic acids is 2. The summed E-state index contributed by atoms with van der Waals surface area (Å²) in [5, 5.41) is 18.8. The van der Waals surface area contributed by atoms with Gasteiger partial charge in [-0.2, -0.15) is 16.8 Å². The van der Waals surface area contributed by atoms with E-state index >= 15 is 0 Å². The summed E-state index contributed by atoms with van der Waals surface area (Å²) in [6.45, 7) is 4.87. The zero-order chi connectivity index (χ0) is 33.0. The van der Waals surface area contributed by atoms with Gasteiger partial charge in [0.25, 0.3) is 20.2 Å². The molecule has 0 saturated carbocycles. The Morgan fingerprint density at radius 2 is 1.20 bits per heavy atom. The first-order valence-corrected chi connectivity index (χ1v) is 16.4. The molecule has 0 fully saturated rings. The van der Waals surface area contributed by atoms with Crippen molar-refractivity contribution in [3.63, 3.8) is 0 Å². The van der Waals surface area contributed by atoms with Crippen LogP contribution >= 0.6 is 0 Å². The molecule has 2 aliphatic heterocycles. The van der Waals surface area contributed by atoms with Gasteiger partial charge in [-0.1, -0.05) is 0 Å². The number of carboxylic acid groups (broad SMARTS) is 2. The maximum Gasteiger partial charge on any atom is 0.303 e. The Kier molecular flexibility index (Phi) is 8.03. The van der Waals surface area contributed by atoms with Gasteiger partial charge in [0.15, 0.2) is 0 Å². The average molecular weight is 657 g/mol. The fraction of sp³-hybridized carbons (Fsp3) is 0.241. The van der Waals surface area contributed by atoms with Crippen LogP contribution in [0, 0.1) is 6.92 Å². The first-order valence-electron chi connectivity index (χ1n) is 13.5. The van der Waals surface area contributed by atoms with Crippen LogP contribution in [0.3, 0.4) is 0 Å². The van der Waals surface area contributed by atoms with Crippen LogP contribution < -0.4 is 0 Å². The maximum absolute atomic E-state index is 12.5. The molecule has 16 heteroatoms. The van der Waals surface area contributed by atoms with E-state index in [0.717, 1.165) is 12.1 Å². The normalized spacial score (nSPS) is 13.9. The Labute approximate surface area is 256 Å². The number of hydrogen-bond donors (Lipinski definition) is 6. The van der Waals surface area contributed by atoms with Crippen LogP contribution in [0.25, 0.3) is 44.4 Å². The third-order valence-electron chi connectivity index (χ3n) is 7.71. The molecule has 6 N–H and O–H groups in total. The van der Waals surface area contributed by atoms with Crippen molar-refractivity contribution in [2.24, 2.45) is 0 Å². The number of carbonyl (C=O) groups is 2. The molecule has 14 nitrogen and oxygen atoms in total. The van der Waals surface area contributed by atoms with Gasteiger partial charge in [-0.3, -0.25) is 18.7 Å². The minimum atomic E-state index is -4.84. The van der Waals surface area contributed by atoms with Crippen LogP contribution in [-0.4, -0.2) is 68.0 Å². The van der Waals surface area contributed by atoms with E-state index in [1.807, 2.05) is 0 Å². The molecule has 0 amide bonds. The van der Waals surface area contributed by atoms with Gasteiger partial charge < -0.3 is 20.2 Å². The Hall–Kier alpha value is -4.64. The number of rotatable bonds is 8. The van der Waals surface area contributed by atoms with Gasteiger partial charge in [0, 0.05) is 23.9 Å². The smallest absolute Gasteiger partial charge is 0.303 e. The summed E-state index contributed by atoms with van der Waals surface area (Å²) < 4.78 is 69.7. The topological polar surface area (TPSA) is 241 Å². The van der Waals surface area contributed by atoms with E-state index in [-0.39, 0.29) is 53.3 Å². The number of aromatic amines is 2. The second-order valence-corrected chi connectivity index (χ2v) is 13.4. The van der Waals surface area contributed by atoms with Crippen LogP contribution in [0.5, 0.6) is 0 Å². The second-order valence-electron chi connectivity index (χ2n) is 10.7. The van der Waals surface area contributed by atoms with Crippen LogP contribution in [0.4, 0.5) is 0 Å². The van der Waals surface area contributed by atoms with Gasteiger partial charge in [-0.05, 0) is 91.8 Å². The fourth-order valence-electron chi connectivity index (χ4n) is 5.50. The van der Waals surface area contributed by atoms with Crippen molar-refractivity contribution in [2.45, 2.75) is 56.2 Å². The van der Waals surface area contributed by atoms with Gasteiger partial charge in [0.05, 0.1) is 33.8 Å². The van der Waals surface area contributed by atoms with Crippen molar-refractivity contribution < 1.29 is 45.7 Å². The Morgan fingerprint density at radius 3 is 1.69 bits per heavy atom. The zero-order valence-corrected chi connectivity index (χ0v) is 25.8. The van der Waals surface area contributed by atoms with E-state index in [4.69, 9.17) is 4.98 Å². The molecule has 45 heavy (non-hydrogen) atoms. The molecule has 0 aromatic carbocycles. The van der Waals surface area contributed by atoms with Crippen LogP contribution in [0.15, 0.2) is 40.1 Å². The Bertz CT molecular complexity index is 2260. The minimum absolute atomic E-state index is 0.0910. The van der Waals surface area contributed by atoms with Crippen molar-refractivity contribution in [1.29, 1.82) is 0 Å². The molecule has 8 bridgehead atoms. The van der Waals surface area contributed by atoms with Crippen LogP contribution in [0.2, 0.25) is 0 Å². The van der Waals surface area contributed by atoms with Gasteiger partial charge in [0.1, 0.15) is 9.79 Å². The lowest BCUT2D eigenvalue weighted by Gasteiger charge is -2.05. The Morgan fingerprint density at radius 1 is 0.667 bits per heavy atom. The van der Waals surface area contributed by atoms with Crippen molar-refractivity contribution in [2.75, 3.05) is 0 Å². The summed E-state index contributed by atoms with van der Waals surface area (Å²) in [7, 11) is -9.67. The number of carboxylic acids is 2. The largest absolute Gasteiger partial charge is 0.481 e. The predicted molar refractivity (Wildman–Crippen MR) is 164 cm³/mol. The van der Waals surface area contributed by atoms with Crippen molar-refractivity contribution in [1.82, 2.24) is 19.9 Å². The van der Waals surface area contributed by atoms with Crippen molar-refractivity contribution >= 4 is 76.5 Å². The molecule has 0 unspecified atom stereocenters. The quantitative estimate of drug-likeness (QED) is 0.181. The zero-order valence-electron chi connectivity index (χ0n) is 24.2. The highest BCUT2D eigenvalue weighted by molar-refractivity contribution is 7.86. The summed E-state index contributed by atoms with van der Waals surface area (Å²) in [6, 6.07) is 6.88. The van der Waals surface area contributed by atoms with Crippen LogP contribution in [0.1, 0.15) is 67.9 Å². The number of allylic oxidation sites excluding steroid dienone is 4. The van der Waals surface area contributed by atoms with E-state index in [1.54, 1.807) is 19.9 Å². The first-order chi connectivity index (χ1) is 20.9. The molecule has 5 rings (SSSR count). The third kappa shape index (κ3) is 6.30. The van der Waals surface area contributed by atoms with Gasteiger partial charge in [-0.15, -0.1) is 0 Å². The highest BCUT2D eigenvalue weighted by Crippen LogP contribution is 2.38. The Balaban J connectivity index is 1.98. The second kappa shape index (κ2) is 11.4. The SMILES string of the molecule is CC1=C(CCC(=O)O)c2cc3nc(cc4[nH]c(cc5[nH]c(cc1n2)cc5S(=O)(=O)O)c(S(=O)(=O)O)c4C)C(C)=C3CCC(=O)O. The van der Waals surface area contributed by atoms with E-state index in [9.17, 15) is 45.7 Å². The lowest BCUT2D eigenvalue weighted by molar-refractivity contribution is -0.137. The number of hydrogen-bond acceptors (Lipinski definition) is 8. The van der Waals surface area contributed by atoms with Gasteiger partial charge >= 0.3 is 11.9 Å². The van der Waals surface area contributed by atoms with E-state index in [0.29, 0.717) is 45.1 Å².